The molecule has 1 heterocycles. The van der Waals surface area contributed by atoms with Crippen LogP contribution in [0.2, 0.25) is 0 Å². The molecule has 1 atom stereocenters. The standard InChI is InChI=1S/C20H29NO4/c1-3-4-8-18(19(22)21-13-6-5-7-14-21)17-11-9-16(10-12-17)15-25-20(23)24-2/h9-12,18H,3-8,13-15H2,1-2H3. The van der Waals surface area contributed by atoms with Crippen molar-refractivity contribution in [1.82, 2.24) is 4.90 Å². The Morgan fingerprint density at radius 3 is 2.40 bits per heavy atom. The second-order valence-corrected chi connectivity index (χ2v) is 6.57. The Balaban J connectivity index is 2.05. The van der Waals surface area contributed by atoms with Crippen LogP contribution in [0.4, 0.5) is 4.79 Å². The number of hydrogen-bond acceptors (Lipinski definition) is 4. The predicted octanol–water partition coefficient (Wildman–Crippen LogP) is 4.26. The van der Waals surface area contributed by atoms with Gasteiger partial charge in [-0.05, 0) is 36.8 Å². The van der Waals surface area contributed by atoms with E-state index in [0.717, 1.165) is 56.3 Å². The molecular weight excluding hydrogens is 318 g/mol. The molecule has 138 valence electrons. The first-order chi connectivity index (χ1) is 12.2. The summed E-state index contributed by atoms with van der Waals surface area (Å²) in [6.45, 7) is 4.08. The van der Waals surface area contributed by atoms with Gasteiger partial charge in [-0.1, -0.05) is 44.0 Å². The number of rotatable bonds is 7. The summed E-state index contributed by atoms with van der Waals surface area (Å²) < 4.78 is 9.41. The van der Waals surface area contributed by atoms with E-state index in [4.69, 9.17) is 4.74 Å². The molecule has 0 aromatic heterocycles. The second-order valence-electron chi connectivity index (χ2n) is 6.57. The number of methoxy groups -OCH3 is 1. The largest absolute Gasteiger partial charge is 0.508 e. The van der Waals surface area contributed by atoms with E-state index in [1.165, 1.54) is 13.5 Å². The number of benzene rings is 1. The summed E-state index contributed by atoms with van der Waals surface area (Å²) >= 11 is 0. The third-order valence-corrected chi connectivity index (χ3v) is 4.72. The van der Waals surface area contributed by atoms with Gasteiger partial charge in [0.25, 0.3) is 0 Å². The number of ether oxygens (including phenoxy) is 2. The number of carbonyl (C=O) groups excluding carboxylic acids is 2. The van der Waals surface area contributed by atoms with Gasteiger partial charge in [-0.25, -0.2) is 4.79 Å². The summed E-state index contributed by atoms with van der Waals surface area (Å²) in [5.74, 6) is 0.181. The van der Waals surface area contributed by atoms with Gasteiger partial charge in [0.2, 0.25) is 5.91 Å². The third-order valence-electron chi connectivity index (χ3n) is 4.72. The van der Waals surface area contributed by atoms with Crippen LogP contribution >= 0.6 is 0 Å². The number of nitrogens with zero attached hydrogens (tertiary/aromatic N) is 1. The van der Waals surface area contributed by atoms with E-state index in [1.54, 1.807) is 0 Å². The summed E-state index contributed by atoms with van der Waals surface area (Å²) in [6, 6.07) is 7.80. The van der Waals surface area contributed by atoms with Crippen molar-refractivity contribution < 1.29 is 19.1 Å². The Labute approximate surface area is 150 Å². The minimum atomic E-state index is -0.690. The highest BCUT2D eigenvalue weighted by Gasteiger charge is 2.26. The maximum Gasteiger partial charge on any atom is 0.508 e. The molecule has 5 heteroatoms. The first kappa shape index (κ1) is 19.3. The Hall–Kier alpha value is -2.04. The van der Waals surface area contributed by atoms with E-state index in [2.05, 4.69) is 11.7 Å². The van der Waals surface area contributed by atoms with E-state index in [1.807, 2.05) is 29.2 Å². The monoisotopic (exact) mass is 347 g/mol. The molecule has 1 aliphatic heterocycles. The van der Waals surface area contributed by atoms with Crippen molar-refractivity contribution in [2.45, 2.75) is 58.0 Å². The SMILES string of the molecule is CCCCC(C(=O)N1CCCCC1)c1ccc(COC(=O)OC)cc1. The van der Waals surface area contributed by atoms with E-state index in [9.17, 15) is 9.59 Å². The summed E-state index contributed by atoms with van der Waals surface area (Å²) in [5, 5.41) is 0. The highest BCUT2D eigenvalue weighted by atomic mass is 16.7. The normalized spacial score (nSPS) is 15.5. The quantitative estimate of drug-likeness (QED) is 0.692. The first-order valence-corrected chi connectivity index (χ1v) is 9.24. The van der Waals surface area contributed by atoms with Crippen molar-refractivity contribution in [3.8, 4) is 0 Å². The van der Waals surface area contributed by atoms with Crippen LogP contribution in [0.25, 0.3) is 0 Å². The third kappa shape index (κ3) is 5.76. The summed E-state index contributed by atoms with van der Waals surface area (Å²) in [7, 11) is 1.29. The topological polar surface area (TPSA) is 55.8 Å². The molecule has 1 aliphatic rings. The minimum absolute atomic E-state index is 0.0753. The van der Waals surface area contributed by atoms with Gasteiger partial charge < -0.3 is 14.4 Å². The zero-order valence-corrected chi connectivity index (χ0v) is 15.3. The van der Waals surface area contributed by atoms with Crippen molar-refractivity contribution in [2.24, 2.45) is 0 Å². The zero-order valence-electron chi connectivity index (χ0n) is 15.3. The fraction of sp³-hybridized carbons (Fsp3) is 0.600. The molecule has 0 aliphatic carbocycles. The number of likely N-dealkylation sites (tertiary alicyclic amines) is 1. The molecule has 0 N–H and O–H groups in total. The molecule has 0 spiro atoms. The van der Waals surface area contributed by atoms with Crippen LogP contribution in [0.1, 0.15) is 62.5 Å². The molecule has 1 fully saturated rings. The minimum Gasteiger partial charge on any atom is -0.438 e. The zero-order chi connectivity index (χ0) is 18.1. The average molecular weight is 347 g/mol. The summed E-state index contributed by atoms with van der Waals surface area (Å²) in [4.78, 5) is 26.1. The lowest BCUT2D eigenvalue weighted by Gasteiger charge is -2.30. The second kappa shape index (κ2) is 10.1. The van der Waals surface area contributed by atoms with Crippen molar-refractivity contribution in [2.75, 3.05) is 20.2 Å². The van der Waals surface area contributed by atoms with Gasteiger partial charge in [0, 0.05) is 13.1 Å². The van der Waals surface area contributed by atoms with Crippen molar-refractivity contribution >= 4 is 12.1 Å². The van der Waals surface area contributed by atoms with Gasteiger partial charge in [0.15, 0.2) is 0 Å². The van der Waals surface area contributed by atoms with Crippen molar-refractivity contribution in [3.63, 3.8) is 0 Å². The van der Waals surface area contributed by atoms with Crippen LogP contribution < -0.4 is 0 Å². The lowest BCUT2D eigenvalue weighted by molar-refractivity contribution is -0.133. The molecule has 1 unspecified atom stereocenters. The predicted molar refractivity (Wildman–Crippen MR) is 96.3 cm³/mol. The molecule has 1 amide bonds. The average Bonchev–Trinajstić information content (AvgIpc) is 2.67. The molecule has 25 heavy (non-hydrogen) atoms. The van der Waals surface area contributed by atoms with Gasteiger partial charge >= 0.3 is 6.16 Å². The van der Waals surface area contributed by atoms with Crippen LogP contribution in [0, 0.1) is 0 Å². The fourth-order valence-electron chi connectivity index (χ4n) is 3.22. The van der Waals surface area contributed by atoms with Gasteiger partial charge in [-0.2, -0.15) is 0 Å². The Bertz CT molecular complexity index is 549. The number of unbranched alkanes of at least 4 members (excludes halogenated alkanes) is 1. The fourth-order valence-corrected chi connectivity index (χ4v) is 3.22. The van der Waals surface area contributed by atoms with Gasteiger partial charge in [-0.15, -0.1) is 0 Å². The molecule has 2 rings (SSSR count). The van der Waals surface area contributed by atoms with Crippen LogP contribution in [-0.4, -0.2) is 37.2 Å². The van der Waals surface area contributed by atoms with Crippen LogP contribution in [-0.2, 0) is 20.9 Å². The molecule has 1 aromatic rings. The van der Waals surface area contributed by atoms with Gasteiger partial charge in [-0.3, -0.25) is 4.79 Å². The van der Waals surface area contributed by atoms with E-state index in [0.29, 0.717) is 0 Å². The molecule has 1 aromatic carbocycles. The number of piperidine rings is 1. The lowest BCUT2D eigenvalue weighted by atomic mass is 9.91. The van der Waals surface area contributed by atoms with Crippen LogP contribution in [0.15, 0.2) is 24.3 Å². The molecule has 1 saturated heterocycles. The molecule has 0 saturated carbocycles. The Morgan fingerprint density at radius 1 is 1.12 bits per heavy atom. The Kier molecular flexibility index (Phi) is 7.76. The van der Waals surface area contributed by atoms with E-state index in [-0.39, 0.29) is 18.4 Å². The lowest BCUT2D eigenvalue weighted by Crippen LogP contribution is -2.38. The molecular formula is C20H29NO4. The number of carbonyl (C=O) groups is 2. The smallest absolute Gasteiger partial charge is 0.438 e. The molecule has 0 bridgehead atoms. The molecule has 0 radical (unpaired) electrons. The van der Waals surface area contributed by atoms with E-state index < -0.39 is 6.16 Å². The van der Waals surface area contributed by atoms with Crippen molar-refractivity contribution in [1.29, 1.82) is 0 Å². The van der Waals surface area contributed by atoms with Crippen molar-refractivity contribution in [3.05, 3.63) is 35.4 Å². The van der Waals surface area contributed by atoms with Crippen LogP contribution in [0.3, 0.4) is 0 Å². The Morgan fingerprint density at radius 2 is 1.80 bits per heavy atom. The van der Waals surface area contributed by atoms with Gasteiger partial charge in [0.1, 0.15) is 6.61 Å². The number of amides is 1. The van der Waals surface area contributed by atoms with E-state index >= 15 is 0 Å². The highest BCUT2D eigenvalue weighted by Crippen LogP contribution is 2.26. The molecule has 5 nitrogen and oxygen atoms in total. The summed E-state index contributed by atoms with van der Waals surface area (Å²) in [5.41, 5.74) is 1.93. The highest BCUT2D eigenvalue weighted by molar-refractivity contribution is 5.83. The van der Waals surface area contributed by atoms with Crippen LogP contribution in [0.5, 0.6) is 0 Å². The number of hydrogen-bond donors (Lipinski definition) is 0. The van der Waals surface area contributed by atoms with Gasteiger partial charge in [0.05, 0.1) is 13.0 Å². The summed E-state index contributed by atoms with van der Waals surface area (Å²) in [6.07, 6.45) is 5.74. The maximum absolute atomic E-state index is 13.0. The maximum atomic E-state index is 13.0. The first-order valence-electron chi connectivity index (χ1n) is 9.24.